The van der Waals surface area contributed by atoms with Crippen LogP contribution in [0.25, 0.3) is 16.8 Å². The smallest absolute Gasteiger partial charge is 0.281 e. The lowest BCUT2D eigenvalue weighted by molar-refractivity contribution is -0.298. The quantitative estimate of drug-likeness (QED) is 0.544. The van der Waals surface area contributed by atoms with E-state index in [2.05, 4.69) is 10.2 Å². The maximum Gasteiger partial charge on any atom is 0.281 e. The number of nitrogens with zero attached hydrogens (tertiary/aromatic N) is 2. The number of carbonyl (C=O) groups excluding carboxylic acids is 1. The molecule has 0 aliphatic rings. The number of carboxylic acids is 1. The molecule has 1 aromatic heterocycles. The topological polar surface area (TPSA) is 79.0 Å². The Kier molecular flexibility index (Phi) is 3.93. The lowest BCUT2D eigenvalue weighted by Gasteiger charge is -2.07. The lowest BCUT2D eigenvalue weighted by Crippen LogP contribution is -2.23. The number of aliphatic carboxylic acids is 1. The largest absolute Gasteiger partial charge is 0.544 e. The summed E-state index contributed by atoms with van der Waals surface area (Å²) in [5, 5.41) is 21.0. The molecule has 5 nitrogen and oxygen atoms in total. The average Bonchev–Trinajstić information content (AvgIpc) is 2.92. The first-order valence-corrected chi connectivity index (χ1v) is 7.34. The molecule has 0 unspecified atom stereocenters. The summed E-state index contributed by atoms with van der Waals surface area (Å²) in [6, 6.07) is 13.5. The van der Waals surface area contributed by atoms with Crippen molar-refractivity contribution in [2.24, 2.45) is 0 Å². The first kappa shape index (κ1) is 14.3. The number of hydrogen-bond acceptors (Lipinski definition) is 6. The fourth-order valence-electron chi connectivity index (χ4n) is 2.06. The van der Waals surface area contributed by atoms with E-state index in [1.165, 1.54) is 0 Å². The SMILES string of the molecule is Cc1nnc(S/C(=C\c2cccc3ccccc23)C(=O)[O-])o1. The van der Waals surface area contributed by atoms with Gasteiger partial charge in [-0.1, -0.05) is 42.5 Å². The molecule has 3 aromatic rings. The molecule has 0 fully saturated rings. The predicted molar refractivity (Wildman–Crippen MR) is 81.8 cm³/mol. The minimum absolute atomic E-state index is 0.0139. The molecule has 2 aromatic carbocycles. The van der Waals surface area contributed by atoms with Crippen molar-refractivity contribution in [3.05, 3.63) is 58.8 Å². The second-order valence-electron chi connectivity index (χ2n) is 4.55. The molecular formula is C16H11N2O3S-. The Balaban J connectivity index is 2.03. The van der Waals surface area contributed by atoms with Crippen LogP contribution in [0.15, 0.2) is 57.0 Å². The summed E-state index contributed by atoms with van der Waals surface area (Å²) in [6.45, 7) is 1.64. The Hall–Kier alpha value is -2.60. The molecule has 0 amide bonds. The molecule has 0 atom stereocenters. The van der Waals surface area contributed by atoms with E-state index in [0.29, 0.717) is 5.89 Å². The van der Waals surface area contributed by atoms with E-state index in [0.717, 1.165) is 28.1 Å². The molecular weight excluding hydrogens is 300 g/mol. The van der Waals surface area contributed by atoms with Crippen LogP contribution in [0.4, 0.5) is 0 Å². The first-order valence-electron chi connectivity index (χ1n) is 6.52. The van der Waals surface area contributed by atoms with Crippen LogP contribution in [-0.2, 0) is 4.79 Å². The van der Waals surface area contributed by atoms with Crippen LogP contribution in [-0.4, -0.2) is 16.2 Å². The second kappa shape index (κ2) is 6.03. The summed E-state index contributed by atoms with van der Waals surface area (Å²) in [6.07, 6.45) is 1.56. The van der Waals surface area contributed by atoms with Crippen molar-refractivity contribution >= 4 is 34.6 Å². The van der Waals surface area contributed by atoms with Crippen LogP contribution in [0.1, 0.15) is 11.5 Å². The lowest BCUT2D eigenvalue weighted by atomic mass is 10.0. The van der Waals surface area contributed by atoms with Gasteiger partial charge in [-0.05, 0) is 34.2 Å². The molecule has 0 spiro atoms. The van der Waals surface area contributed by atoms with E-state index < -0.39 is 5.97 Å². The van der Waals surface area contributed by atoms with Crippen molar-refractivity contribution in [3.8, 4) is 0 Å². The number of carboxylic acid groups (broad SMARTS) is 1. The number of aryl methyl sites for hydroxylation is 1. The fourth-order valence-corrected chi connectivity index (χ4v) is 2.76. The highest BCUT2D eigenvalue weighted by molar-refractivity contribution is 8.03. The van der Waals surface area contributed by atoms with Crippen molar-refractivity contribution in [3.63, 3.8) is 0 Å². The van der Waals surface area contributed by atoms with E-state index in [1.54, 1.807) is 13.0 Å². The Bertz CT molecular complexity index is 865. The standard InChI is InChI=1S/C16H12N2O3S/c1-10-17-18-16(21-10)22-14(15(19)20)9-12-7-4-6-11-5-2-3-8-13(11)12/h2-9H,1H3,(H,19,20)/p-1/b14-9-. The van der Waals surface area contributed by atoms with E-state index in [-0.39, 0.29) is 10.1 Å². The van der Waals surface area contributed by atoms with Crippen LogP contribution >= 0.6 is 11.8 Å². The van der Waals surface area contributed by atoms with Gasteiger partial charge in [0.25, 0.3) is 5.22 Å². The number of aromatic nitrogens is 2. The van der Waals surface area contributed by atoms with Crippen LogP contribution in [0, 0.1) is 6.92 Å². The Labute approximate surface area is 130 Å². The summed E-state index contributed by atoms with van der Waals surface area (Å²) >= 11 is 0.880. The number of benzene rings is 2. The van der Waals surface area contributed by atoms with Crippen molar-refractivity contribution in [2.45, 2.75) is 12.1 Å². The van der Waals surface area contributed by atoms with Crippen molar-refractivity contribution < 1.29 is 14.3 Å². The maximum absolute atomic E-state index is 11.4. The van der Waals surface area contributed by atoms with Gasteiger partial charge in [0.05, 0.1) is 5.97 Å². The van der Waals surface area contributed by atoms with Gasteiger partial charge in [-0.2, -0.15) is 0 Å². The van der Waals surface area contributed by atoms with Crippen LogP contribution in [0.2, 0.25) is 0 Å². The highest BCUT2D eigenvalue weighted by Gasteiger charge is 2.09. The summed E-state index contributed by atoms with van der Waals surface area (Å²) in [4.78, 5) is 11.4. The third-order valence-corrected chi connectivity index (χ3v) is 3.86. The minimum Gasteiger partial charge on any atom is -0.544 e. The molecule has 0 aliphatic heterocycles. The Morgan fingerprint density at radius 3 is 2.68 bits per heavy atom. The molecule has 0 saturated carbocycles. The van der Waals surface area contributed by atoms with Gasteiger partial charge in [0, 0.05) is 11.8 Å². The highest BCUT2D eigenvalue weighted by Crippen LogP contribution is 2.29. The van der Waals surface area contributed by atoms with Crippen molar-refractivity contribution in [1.29, 1.82) is 0 Å². The van der Waals surface area contributed by atoms with Gasteiger partial charge in [0.1, 0.15) is 0 Å². The van der Waals surface area contributed by atoms with Gasteiger partial charge in [0.2, 0.25) is 5.89 Å². The number of hydrogen-bond donors (Lipinski definition) is 0. The molecule has 0 aliphatic carbocycles. The zero-order chi connectivity index (χ0) is 15.5. The van der Waals surface area contributed by atoms with E-state index >= 15 is 0 Å². The summed E-state index contributed by atoms with van der Waals surface area (Å²) in [7, 11) is 0. The van der Waals surface area contributed by atoms with Crippen molar-refractivity contribution in [1.82, 2.24) is 10.2 Å². The summed E-state index contributed by atoms with van der Waals surface area (Å²) < 4.78 is 5.20. The normalized spacial score (nSPS) is 11.8. The van der Waals surface area contributed by atoms with E-state index in [1.807, 2.05) is 42.5 Å². The molecule has 22 heavy (non-hydrogen) atoms. The molecule has 0 radical (unpaired) electrons. The zero-order valence-corrected chi connectivity index (χ0v) is 12.5. The van der Waals surface area contributed by atoms with E-state index in [4.69, 9.17) is 4.42 Å². The molecule has 0 bridgehead atoms. The number of rotatable bonds is 4. The van der Waals surface area contributed by atoms with Crippen LogP contribution < -0.4 is 5.11 Å². The third-order valence-electron chi connectivity index (χ3n) is 3.02. The molecule has 0 N–H and O–H groups in total. The minimum atomic E-state index is -1.28. The molecule has 1 heterocycles. The third kappa shape index (κ3) is 3.01. The Morgan fingerprint density at radius 2 is 1.95 bits per heavy atom. The fraction of sp³-hybridized carbons (Fsp3) is 0.0625. The zero-order valence-electron chi connectivity index (χ0n) is 11.6. The van der Waals surface area contributed by atoms with Gasteiger partial charge in [-0.3, -0.25) is 0 Å². The number of carbonyl (C=O) groups is 1. The predicted octanol–water partition coefficient (Wildman–Crippen LogP) is 2.41. The maximum atomic E-state index is 11.4. The molecule has 110 valence electrons. The van der Waals surface area contributed by atoms with Gasteiger partial charge in [-0.15, -0.1) is 10.2 Å². The van der Waals surface area contributed by atoms with Crippen molar-refractivity contribution in [2.75, 3.05) is 0 Å². The average molecular weight is 311 g/mol. The highest BCUT2D eigenvalue weighted by atomic mass is 32.2. The van der Waals surface area contributed by atoms with Crippen LogP contribution in [0.5, 0.6) is 0 Å². The van der Waals surface area contributed by atoms with Gasteiger partial charge in [0.15, 0.2) is 0 Å². The first-order chi connectivity index (χ1) is 10.6. The summed E-state index contributed by atoms with van der Waals surface area (Å²) in [5.41, 5.74) is 0.793. The number of fused-ring (bicyclic) bond motifs is 1. The monoisotopic (exact) mass is 311 g/mol. The van der Waals surface area contributed by atoms with E-state index in [9.17, 15) is 9.90 Å². The molecule has 6 heteroatoms. The number of thioether (sulfide) groups is 1. The van der Waals surface area contributed by atoms with Gasteiger partial charge >= 0.3 is 0 Å². The van der Waals surface area contributed by atoms with Gasteiger partial charge in [-0.25, -0.2) is 0 Å². The molecule has 0 saturated heterocycles. The summed E-state index contributed by atoms with van der Waals surface area (Å²) in [5.74, 6) is -0.904. The van der Waals surface area contributed by atoms with Gasteiger partial charge < -0.3 is 14.3 Å². The Morgan fingerprint density at radius 1 is 1.18 bits per heavy atom. The second-order valence-corrected chi connectivity index (χ2v) is 5.55. The van der Waals surface area contributed by atoms with Crippen LogP contribution in [0.3, 0.4) is 0 Å². The molecule has 3 rings (SSSR count).